The first-order valence-electron chi connectivity index (χ1n) is 9.47. The predicted octanol–water partition coefficient (Wildman–Crippen LogP) is 5.60. The van der Waals surface area contributed by atoms with Crippen molar-refractivity contribution in [3.05, 3.63) is 28.7 Å². The van der Waals surface area contributed by atoms with E-state index in [2.05, 4.69) is 26.5 Å². The van der Waals surface area contributed by atoms with Crippen LogP contribution in [-0.2, 0) is 4.79 Å². The molecular formula is C20H29BrN2O2. The molecule has 0 heterocycles. The van der Waals surface area contributed by atoms with Gasteiger partial charge in [0.05, 0.1) is 0 Å². The Kier molecular flexibility index (Phi) is 9.63. The molecule has 0 spiro atoms. The summed E-state index contributed by atoms with van der Waals surface area (Å²) >= 11 is 3.39. The van der Waals surface area contributed by atoms with E-state index in [1.54, 1.807) is 0 Å². The van der Waals surface area contributed by atoms with Crippen molar-refractivity contribution in [2.24, 2.45) is 5.10 Å². The van der Waals surface area contributed by atoms with Crippen molar-refractivity contribution in [2.75, 3.05) is 6.61 Å². The van der Waals surface area contributed by atoms with E-state index in [0.29, 0.717) is 5.75 Å². The first-order chi connectivity index (χ1) is 12.2. The van der Waals surface area contributed by atoms with E-state index in [9.17, 15) is 4.79 Å². The zero-order valence-electron chi connectivity index (χ0n) is 14.9. The number of benzene rings is 1. The lowest BCUT2D eigenvalue weighted by Gasteiger charge is -2.10. The Bertz CT molecular complexity index is 546. The number of amides is 1. The van der Waals surface area contributed by atoms with Crippen LogP contribution in [-0.4, -0.2) is 18.2 Å². The van der Waals surface area contributed by atoms with Crippen LogP contribution in [0.2, 0.25) is 0 Å². The Hall–Kier alpha value is -1.36. The largest absolute Gasteiger partial charge is 0.484 e. The molecule has 0 atom stereocenters. The predicted molar refractivity (Wildman–Crippen MR) is 106 cm³/mol. The molecule has 138 valence electrons. The van der Waals surface area contributed by atoms with Crippen LogP contribution < -0.4 is 10.2 Å². The van der Waals surface area contributed by atoms with Gasteiger partial charge >= 0.3 is 0 Å². The number of nitrogens with one attached hydrogen (secondary N) is 1. The molecule has 5 heteroatoms. The van der Waals surface area contributed by atoms with Crippen molar-refractivity contribution in [3.8, 4) is 5.75 Å². The standard InChI is InChI=1S/C20H29BrN2O2/c21-17-11-10-14-19(15-17)25-16-20(24)23-22-18-12-8-6-4-2-1-3-5-7-9-13-18/h10-11,14-15H,1-9,12-13,16H2,(H,23,24). The van der Waals surface area contributed by atoms with Gasteiger partial charge in [-0.15, -0.1) is 0 Å². The van der Waals surface area contributed by atoms with Crippen LogP contribution in [0.25, 0.3) is 0 Å². The summed E-state index contributed by atoms with van der Waals surface area (Å²) in [5, 5.41) is 4.37. The smallest absolute Gasteiger partial charge is 0.277 e. The lowest BCUT2D eigenvalue weighted by molar-refractivity contribution is -0.123. The van der Waals surface area contributed by atoms with Gasteiger partial charge in [0.25, 0.3) is 5.91 Å². The summed E-state index contributed by atoms with van der Waals surface area (Å²) in [5.74, 6) is 0.460. The molecule has 0 saturated heterocycles. The van der Waals surface area contributed by atoms with Crippen molar-refractivity contribution >= 4 is 27.5 Å². The molecule has 1 saturated carbocycles. The van der Waals surface area contributed by atoms with Crippen molar-refractivity contribution in [3.63, 3.8) is 0 Å². The van der Waals surface area contributed by atoms with E-state index in [1.807, 2.05) is 24.3 Å². The van der Waals surface area contributed by atoms with Crippen LogP contribution in [0.15, 0.2) is 33.8 Å². The third-order valence-corrected chi connectivity index (χ3v) is 4.93. The second-order valence-corrected chi connectivity index (χ2v) is 7.56. The summed E-state index contributed by atoms with van der Waals surface area (Å²) in [5.41, 5.74) is 3.78. The van der Waals surface area contributed by atoms with Gasteiger partial charge in [0.2, 0.25) is 0 Å². The third kappa shape index (κ3) is 9.05. The van der Waals surface area contributed by atoms with Crippen LogP contribution in [0.1, 0.15) is 70.6 Å². The molecule has 1 aromatic rings. The summed E-state index contributed by atoms with van der Waals surface area (Å²) in [4.78, 5) is 12.0. The summed E-state index contributed by atoms with van der Waals surface area (Å²) < 4.78 is 6.42. The Labute approximate surface area is 159 Å². The van der Waals surface area contributed by atoms with Crippen LogP contribution in [0.5, 0.6) is 5.75 Å². The van der Waals surface area contributed by atoms with Gasteiger partial charge in [0.15, 0.2) is 6.61 Å². The molecule has 1 fully saturated rings. The fourth-order valence-electron chi connectivity index (χ4n) is 3.01. The van der Waals surface area contributed by atoms with Gasteiger partial charge in [-0.1, -0.05) is 66.9 Å². The van der Waals surface area contributed by atoms with Gasteiger partial charge in [-0.2, -0.15) is 5.10 Å². The lowest BCUT2D eigenvalue weighted by atomic mass is 10.00. The van der Waals surface area contributed by atoms with Gasteiger partial charge < -0.3 is 4.74 Å². The number of hydrogen-bond acceptors (Lipinski definition) is 3. The average molecular weight is 409 g/mol. The zero-order valence-corrected chi connectivity index (χ0v) is 16.5. The number of halogens is 1. The van der Waals surface area contributed by atoms with E-state index < -0.39 is 0 Å². The molecular weight excluding hydrogens is 380 g/mol. The Morgan fingerprint density at radius 3 is 2.20 bits per heavy atom. The Morgan fingerprint density at radius 2 is 1.60 bits per heavy atom. The number of hydrazone groups is 1. The van der Waals surface area contributed by atoms with Crippen molar-refractivity contribution in [1.82, 2.24) is 5.43 Å². The monoisotopic (exact) mass is 408 g/mol. The number of ether oxygens (including phenoxy) is 1. The molecule has 0 radical (unpaired) electrons. The van der Waals surface area contributed by atoms with Gasteiger partial charge in [-0.25, -0.2) is 5.43 Å². The maximum Gasteiger partial charge on any atom is 0.277 e. The van der Waals surface area contributed by atoms with Gasteiger partial charge in [-0.3, -0.25) is 4.79 Å². The molecule has 0 aliphatic heterocycles. The highest BCUT2D eigenvalue weighted by molar-refractivity contribution is 9.10. The molecule has 0 aromatic heterocycles. The second kappa shape index (κ2) is 12.1. The lowest BCUT2D eigenvalue weighted by Crippen LogP contribution is -2.26. The number of hydrogen-bond donors (Lipinski definition) is 1. The highest BCUT2D eigenvalue weighted by Crippen LogP contribution is 2.17. The fraction of sp³-hybridized carbons (Fsp3) is 0.600. The molecule has 1 N–H and O–H groups in total. The molecule has 25 heavy (non-hydrogen) atoms. The van der Waals surface area contributed by atoms with E-state index in [4.69, 9.17) is 4.74 Å². The number of nitrogens with zero attached hydrogens (tertiary/aromatic N) is 1. The van der Waals surface area contributed by atoms with Crippen molar-refractivity contribution < 1.29 is 9.53 Å². The summed E-state index contributed by atoms with van der Waals surface area (Å²) in [7, 11) is 0. The van der Waals surface area contributed by atoms with E-state index in [-0.39, 0.29) is 12.5 Å². The summed E-state index contributed by atoms with van der Waals surface area (Å²) in [6, 6.07) is 7.47. The fourth-order valence-corrected chi connectivity index (χ4v) is 3.39. The maximum atomic E-state index is 12.0. The second-order valence-electron chi connectivity index (χ2n) is 6.64. The molecule has 4 nitrogen and oxygen atoms in total. The minimum Gasteiger partial charge on any atom is -0.484 e. The molecule has 1 amide bonds. The van der Waals surface area contributed by atoms with E-state index in [0.717, 1.165) is 23.0 Å². The number of rotatable bonds is 4. The average Bonchev–Trinajstić information content (AvgIpc) is 2.59. The topological polar surface area (TPSA) is 50.7 Å². The first kappa shape index (κ1) is 20.0. The normalized spacial score (nSPS) is 17.1. The molecule has 1 aliphatic rings. The molecule has 2 rings (SSSR count). The van der Waals surface area contributed by atoms with E-state index >= 15 is 0 Å². The minimum atomic E-state index is -0.210. The van der Waals surface area contributed by atoms with Gasteiger partial charge in [-0.05, 0) is 43.9 Å². The summed E-state index contributed by atoms with van der Waals surface area (Å²) in [6.07, 6.45) is 13.6. The van der Waals surface area contributed by atoms with Crippen LogP contribution >= 0.6 is 15.9 Å². The molecule has 0 bridgehead atoms. The molecule has 1 aliphatic carbocycles. The van der Waals surface area contributed by atoms with Gasteiger partial charge in [0, 0.05) is 10.2 Å². The van der Waals surface area contributed by atoms with Crippen molar-refractivity contribution in [2.45, 2.75) is 70.6 Å². The minimum absolute atomic E-state index is 0.0206. The first-order valence-corrected chi connectivity index (χ1v) is 10.3. The third-order valence-electron chi connectivity index (χ3n) is 4.44. The highest BCUT2D eigenvalue weighted by atomic mass is 79.9. The maximum absolute atomic E-state index is 12.0. The zero-order chi connectivity index (χ0) is 17.7. The molecule has 1 aromatic carbocycles. The highest BCUT2D eigenvalue weighted by Gasteiger charge is 2.06. The van der Waals surface area contributed by atoms with E-state index in [1.165, 1.54) is 57.8 Å². The van der Waals surface area contributed by atoms with Gasteiger partial charge in [0.1, 0.15) is 5.75 Å². The van der Waals surface area contributed by atoms with Crippen molar-refractivity contribution in [1.29, 1.82) is 0 Å². The Balaban J connectivity index is 1.76. The van der Waals surface area contributed by atoms with Crippen LogP contribution in [0, 0.1) is 0 Å². The van der Waals surface area contributed by atoms with Crippen LogP contribution in [0.4, 0.5) is 0 Å². The number of carbonyl (C=O) groups is 1. The number of carbonyl (C=O) groups excluding carboxylic acids is 1. The van der Waals surface area contributed by atoms with Crippen LogP contribution in [0.3, 0.4) is 0 Å². The summed E-state index contributed by atoms with van der Waals surface area (Å²) in [6.45, 7) is -0.0206. The SMILES string of the molecule is O=C(COc1cccc(Br)c1)NN=C1CCCCCCCCCCC1. The molecule has 0 unspecified atom stereocenters. The quantitative estimate of drug-likeness (QED) is 0.658. The Morgan fingerprint density at radius 1 is 1.00 bits per heavy atom.